The van der Waals surface area contributed by atoms with Gasteiger partial charge in [0, 0.05) is 28.1 Å². The molecule has 1 fully saturated rings. The standard InChI is InChI=1S/C15H22N2OS.ClH/c1-11(12(2)16)14(18)17-10-15(8-9-15)19-13-6-4-3-5-7-13;/h3-7,11-12H,8-10,16H2,1-2H3,(H,17,18);1H. The van der Waals surface area contributed by atoms with Gasteiger partial charge in [-0.25, -0.2) is 0 Å². The van der Waals surface area contributed by atoms with Crippen molar-refractivity contribution < 1.29 is 4.79 Å². The Morgan fingerprint density at radius 1 is 1.35 bits per heavy atom. The summed E-state index contributed by atoms with van der Waals surface area (Å²) in [6.07, 6.45) is 2.33. The van der Waals surface area contributed by atoms with E-state index in [4.69, 9.17) is 5.73 Å². The molecule has 1 aliphatic rings. The molecule has 112 valence electrons. The maximum absolute atomic E-state index is 11.9. The van der Waals surface area contributed by atoms with E-state index in [2.05, 4.69) is 29.6 Å². The highest BCUT2D eigenvalue weighted by atomic mass is 35.5. The first-order chi connectivity index (χ1) is 9.02. The van der Waals surface area contributed by atoms with Gasteiger partial charge in [0.05, 0.1) is 0 Å². The van der Waals surface area contributed by atoms with Gasteiger partial charge in [0.2, 0.25) is 5.91 Å². The highest BCUT2D eigenvalue weighted by Crippen LogP contribution is 2.51. The van der Waals surface area contributed by atoms with Crippen LogP contribution in [0.2, 0.25) is 0 Å². The SMILES string of the molecule is CC(N)C(C)C(=O)NCC1(Sc2ccccc2)CC1.Cl. The Hall–Kier alpha value is -0.710. The van der Waals surface area contributed by atoms with Gasteiger partial charge < -0.3 is 11.1 Å². The van der Waals surface area contributed by atoms with Crippen molar-refractivity contribution in [2.75, 3.05) is 6.54 Å². The van der Waals surface area contributed by atoms with Crippen LogP contribution in [-0.2, 0) is 4.79 Å². The molecular weight excluding hydrogens is 292 g/mol. The zero-order valence-electron chi connectivity index (χ0n) is 12.0. The largest absolute Gasteiger partial charge is 0.354 e. The van der Waals surface area contributed by atoms with E-state index in [0.717, 1.165) is 6.54 Å². The molecule has 0 spiro atoms. The molecule has 3 N–H and O–H groups in total. The predicted octanol–water partition coefficient (Wildman–Crippen LogP) is 2.83. The molecule has 1 aromatic rings. The van der Waals surface area contributed by atoms with Crippen LogP contribution in [0, 0.1) is 5.92 Å². The van der Waals surface area contributed by atoms with Crippen molar-refractivity contribution in [2.45, 2.75) is 42.4 Å². The molecule has 1 amide bonds. The molecule has 0 heterocycles. The van der Waals surface area contributed by atoms with Gasteiger partial charge in [-0.05, 0) is 31.9 Å². The number of hydrogen-bond donors (Lipinski definition) is 2. The molecule has 5 heteroatoms. The van der Waals surface area contributed by atoms with Gasteiger partial charge in [-0.1, -0.05) is 25.1 Å². The summed E-state index contributed by atoms with van der Waals surface area (Å²) in [6.45, 7) is 4.49. The Balaban J connectivity index is 0.00000200. The molecule has 2 unspecified atom stereocenters. The lowest BCUT2D eigenvalue weighted by Gasteiger charge is -2.19. The Morgan fingerprint density at radius 3 is 2.45 bits per heavy atom. The molecule has 0 aliphatic heterocycles. The van der Waals surface area contributed by atoms with Crippen LogP contribution in [0.25, 0.3) is 0 Å². The predicted molar refractivity (Wildman–Crippen MR) is 87.3 cm³/mol. The molecule has 0 saturated heterocycles. The fourth-order valence-corrected chi connectivity index (χ4v) is 3.08. The van der Waals surface area contributed by atoms with Crippen molar-refractivity contribution in [3.05, 3.63) is 30.3 Å². The molecule has 1 saturated carbocycles. The Bertz CT molecular complexity index is 435. The first kappa shape index (κ1) is 17.3. The summed E-state index contributed by atoms with van der Waals surface area (Å²) in [7, 11) is 0. The molecule has 2 atom stereocenters. The second kappa shape index (κ2) is 7.34. The first-order valence-corrected chi connectivity index (χ1v) is 7.61. The van der Waals surface area contributed by atoms with Crippen molar-refractivity contribution in [3.8, 4) is 0 Å². The monoisotopic (exact) mass is 314 g/mol. The molecule has 0 aromatic heterocycles. The van der Waals surface area contributed by atoms with E-state index >= 15 is 0 Å². The first-order valence-electron chi connectivity index (χ1n) is 6.80. The summed E-state index contributed by atoms with van der Waals surface area (Å²) < 4.78 is 0.203. The number of thioether (sulfide) groups is 1. The number of carbonyl (C=O) groups is 1. The topological polar surface area (TPSA) is 55.1 Å². The van der Waals surface area contributed by atoms with E-state index in [1.54, 1.807) is 0 Å². The average molecular weight is 315 g/mol. The van der Waals surface area contributed by atoms with Crippen LogP contribution in [0.3, 0.4) is 0 Å². The number of halogens is 1. The van der Waals surface area contributed by atoms with Gasteiger partial charge in [0.25, 0.3) is 0 Å². The lowest BCUT2D eigenvalue weighted by Crippen LogP contribution is -2.41. The van der Waals surface area contributed by atoms with E-state index in [0.29, 0.717) is 0 Å². The number of rotatable bonds is 6. The number of benzene rings is 1. The summed E-state index contributed by atoms with van der Waals surface area (Å²) in [6, 6.07) is 10.3. The van der Waals surface area contributed by atoms with Gasteiger partial charge >= 0.3 is 0 Å². The highest BCUT2D eigenvalue weighted by molar-refractivity contribution is 8.01. The molecule has 0 radical (unpaired) electrons. The van der Waals surface area contributed by atoms with Crippen LogP contribution in [0.15, 0.2) is 35.2 Å². The van der Waals surface area contributed by atoms with Crippen LogP contribution in [0.5, 0.6) is 0 Å². The Morgan fingerprint density at radius 2 is 1.95 bits per heavy atom. The fraction of sp³-hybridized carbons (Fsp3) is 0.533. The van der Waals surface area contributed by atoms with Gasteiger partial charge in [-0.3, -0.25) is 4.79 Å². The molecular formula is C15H23ClN2OS. The summed E-state index contributed by atoms with van der Waals surface area (Å²) in [5.74, 6) is -0.0625. The highest BCUT2D eigenvalue weighted by Gasteiger charge is 2.44. The van der Waals surface area contributed by atoms with E-state index < -0.39 is 0 Å². The third-order valence-electron chi connectivity index (χ3n) is 3.67. The molecule has 0 bridgehead atoms. The molecule has 1 aromatic carbocycles. The van der Waals surface area contributed by atoms with Crippen molar-refractivity contribution in [1.82, 2.24) is 5.32 Å². The van der Waals surface area contributed by atoms with Crippen LogP contribution >= 0.6 is 24.2 Å². The molecule has 20 heavy (non-hydrogen) atoms. The number of hydrogen-bond acceptors (Lipinski definition) is 3. The third kappa shape index (κ3) is 4.69. The van der Waals surface area contributed by atoms with Crippen LogP contribution in [0.1, 0.15) is 26.7 Å². The van der Waals surface area contributed by atoms with E-state index in [1.807, 2.05) is 31.7 Å². The minimum atomic E-state index is -0.127. The second-order valence-corrected chi connectivity index (χ2v) is 7.01. The van der Waals surface area contributed by atoms with Crippen molar-refractivity contribution in [2.24, 2.45) is 11.7 Å². The number of amides is 1. The zero-order chi connectivity index (χ0) is 13.9. The van der Waals surface area contributed by atoms with E-state index in [1.165, 1.54) is 17.7 Å². The van der Waals surface area contributed by atoms with Crippen molar-refractivity contribution in [3.63, 3.8) is 0 Å². The Labute approximate surface area is 131 Å². The summed E-state index contributed by atoms with van der Waals surface area (Å²) in [5, 5.41) is 3.05. The van der Waals surface area contributed by atoms with Gasteiger partial charge in [-0.2, -0.15) is 0 Å². The van der Waals surface area contributed by atoms with Crippen LogP contribution < -0.4 is 11.1 Å². The average Bonchev–Trinajstić information content (AvgIpc) is 3.16. The summed E-state index contributed by atoms with van der Waals surface area (Å²) in [4.78, 5) is 13.2. The second-order valence-electron chi connectivity index (χ2n) is 5.46. The zero-order valence-corrected chi connectivity index (χ0v) is 13.6. The molecule has 3 nitrogen and oxygen atoms in total. The quantitative estimate of drug-likeness (QED) is 0.849. The summed E-state index contributed by atoms with van der Waals surface area (Å²) >= 11 is 1.87. The maximum Gasteiger partial charge on any atom is 0.224 e. The van der Waals surface area contributed by atoms with Crippen molar-refractivity contribution in [1.29, 1.82) is 0 Å². The van der Waals surface area contributed by atoms with Gasteiger partial charge in [-0.15, -0.1) is 24.2 Å². The maximum atomic E-state index is 11.9. The van der Waals surface area contributed by atoms with E-state index in [9.17, 15) is 4.79 Å². The normalized spacial score (nSPS) is 18.6. The smallest absolute Gasteiger partial charge is 0.224 e. The Kier molecular flexibility index (Phi) is 6.37. The van der Waals surface area contributed by atoms with E-state index in [-0.39, 0.29) is 35.0 Å². The fourth-order valence-electron chi connectivity index (χ4n) is 1.84. The lowest BCUT2D eigenvalue weighted by atomic mass is 10.0. The van der Waals surface area contributed by atoms with Crippen molar-refractivity contribution >= 4 is 30.1 Å². The lowest BCUT2D eigenvalue weighted by molar-refractivity contribution is -0.124. The van der Waals surface area contributed by atoms with Crippen LogP contribution in [0.4, 0.5) is 0 Å². The van der Waals surface area contributed by atoms with Gasteiger partial charge in [0.15, 0.2) is 0 Å². The minimum Gasteiger partial charge on any atom is -0.354 e. The number of nitrogens with two attached hydrogens (primary N) is 1. The summed E-state index contributed by atoms with van der Waals surface area (Å²) in [5.41, 5.74) is 5.75. The third-order valence-corrected chi connectivity index (χ3v) is 5.17. The number of carbonyl (C=O) groups excluding carboxylic acids is 1. The van der Waals surface area contributed by atoms with Crippen LogP contribution in [-0.4, -0.2) is 23.2 Å². The number of nitrogens with one attached hydrogen (secondary N) is 1. The molecule has 2 rings (SSSR count). The molecule has 1 aliphatic carbocycles. The minimum absolute atomic E-state index is 0. The van der Waals surface area contributed by atoms with Gasteiger partial charge in [0.1, 0.15) is 0 Å².